The molecule has 1 heterocycles. The molecule has 5 unspecified atom stereocenters. The lowest BCUT2D eigenvalue weighted by atomic mass is 9.84. The molecule has 2 fully saturated rings. The second kappa shape index (κ2) is 13.6. The van der Waals surface area contributed by atoms with Crippen LogP contribution in [-0.2, 0) is 19.1 Å². The largest absolute Gasteiger partial charge is 0.468 e. The van der Waals surface area contributed by atoms with Crippen LogP contribution < -0.4 is 5.32 Å². The summed E-state index contributed by atoms with van der Waals surface area (Å²) in [4.78, 5) is 22.7. The summed E-state index contributed by atoms with van der Waals surface area (Å²) in [5.41, 5.74) is 0. The van der Waals surface area contributed by atoms with E-state index in [4.69, 9.17) is 4.74 Å². The molecule has 2 rings (SSSR count). The molecule has 0 aromatic carbocycles. The third-order valence-electron chi connectivity index (χ3n) is 6.25. The summed E-state index contributed by atoms with van der Waals surface area (Å²) < 4.78 is 10.4. The minimum absolute atomic E-state index is 0.0698. The van der Waals surface area contributed by atoms with Gasteiger partial charge in [0.15, 0.2) is 0 Å². The van der Waals surface area contributed by atoms with Crippen LogP contribution in [0.15, 0.2) is 24.3 Å². The Hall–Kier alpha value is -1.66. The van der Waals surface area contributed by atoms with E-state index in [1.54, 1.807) is 0 Å². The molecule has 1 aliphatic heterocycles. The highest BCUT2D eigenvalue weighted by molar-refractivity contribution is 5.81. The van der Waals surface area contributed by atoms with Gasteiger partial charge in [-0.1, -0.05) is 50.5 Å². The average Bonchev–Trinajstić information content (AvgIpc) is 3.35. The molecule has 0 aromatic rings. The van der Waals surface area contributed by atoms with Crippen molar-refractivity contribution in [3.63, 3.8) is 0 Å². The molecule has 1 aliphatic carbocycles. The summed E-state index contributed by atoms with van der Waals surface area (Å²) in [6.45, 7) is 2.96. The molecule has 0 radical (unpaired) electrons. The zero-order valence-electron chi connectivity index (χ0n) is 18.6. The van der Waals surface area contributed by atoms with Crippen molar-refractivity contribution >= 4 is 11.9 Å². The van der Waals surface area contributed by atoms with E-state index in [0.717, 1.165) is 45.1 Å². The second-order valence-electron chi connectivity index (χ2n) is 8.51. The molecule has 6 nitrogen and oxygen atoms in total. The van der Waals surface area contributed by atoms with E-state index in [-0.39, 0.29) is 18.6 Å². The number of hydrogen-bond acceptors (Lipinski definition) is 5. The molecule has 30 heavy (non-hydrogen) atoms. The van der Waals surface area contributed by atoms with Crippen molar-refractivity contribution in [2.75, 3.05) is 20.3 Å². The zero-order chi connectivity index (χ0) is 21.8. The highest BCUT2D eigenvalue weighted by Gasteiger charge is 2.46. The maximum absolute atomic E-state index is 11.7. The lowest BCUT2D eigenvalue weighted by Crippen LogP contribution is -2.29. The first-order chi connectivity index (χ1) is 14.5. The third kappa shape index (κ3) is 8.23. The molecule has 2 bridgehead atoms. The summed E-state index contributed by atoms with van der Waals surface area (Å²) in [7, 11) is 1.30. The molecule has 2 N–H and O–H groups in total. The number of hydrogen-bond donors (Lipinski definition) is 2. The van der Waals surface area contributed by atoms with Crippen LogP contribution in [0.5, 0.6) is 0 Å². The van der Waals surface area contributed by atoms with E-state index in [9.17, 15) is 14.7 Å². The Bertz CT molecular complexity index is 588. The summed E-state index contributed by atoms with van der Waals surface area (Å²) in [6.07, 6.45) is 16.9. The molecule has 1 saturated heterocycles. The monoisotopic (exact) mass is 421 g/mol. The van der Waals surface area contributed by atoms with Crippen LogP contribution in [0.25, 0.3) is 0 Å². The highest BCUT2D eigenvalue weighted by atomic mass is 16.5. The smallest absolute Gasteiger partial charge is 0.325 e. The lowest BCUT2D eigenvalue weighted by molar-refractivity contribution is -0.141. The number of aliphatic hydroxyl groups excluding tert-OH is 1. The molecule has 6 heteroatoms. The van der Waals surface area contributed by atoms with Crippen molar-refractivity contribution in [1.82, 2.24) is 5.32 Å². The first-order valence-electron chi connectivity index (χ1n) is 11.5. The summed E-state index contributed by atoms with van der Waals surface area (Å²) >= 11 is 0. The van der Waals surface area contributed by atoms with Gasteiger partial charge >= 0.3 is 5.97 Å². The van der Waals surface area contributed by atoms with Crippen molar-refractivity contribution in [1.29, 1.82) is 0 Å². The second-order valence-corrected chi connectivity index (χ2v) is 8.51. The topological polar surface area (TPSA) is 84.9 Å². The molecule has 2 aliphatic rings. The molecular weight excluding hydrogens is 382 g/mol. The van der Waals surface area contributed by atoms with Crippen molar-refractivity contribution in [2.24, 2.45) is 17.8 Å². The van der Waals surface area contributed by atoms with Gasteiger partial charge in [-0.05, 0) is 43.9 Å². The zero-order valence-corrected chi connectivity index (χ0v) is 18.6. The number of rotatable bonds is 14. The molecular formula is C24H39NO5. The van der Waals surface area contributed by atoms with E-state index in [1.165, 1.54) is 20.0 Å². The Balaban J connectivity index is 1.68. The number of methoxy groups -OCH3 is 1. The van der Waals surface area contributed by atoms with Gasteiger partial charge in [0.2, 0.25) is 5.91 Å². The number of amides is 1. The standard InChI is InChI=1S/C24H39NO5/c1-3-4-7-10-19(26)13-14-21-20(18-15-22(21)30-17-18)11-8-5-6-9-12-23(27)25-16-24(28)29-2/h5,8,13-14,18-22,26H,3-4,6-7,9-12,15-17H2,1-2H3,(H,25,27). The Morgan fingerprint density at radius 1 is 1.27 bits per heavy atom. The molecule has 0 spiro atoms. The van der Waals surface area contributed by atoms with Crippen molar-refractivity contribution in [3.05, 3.63) is 24.3 Å². The van der Waals surface area contributed by atoms with E-state index < -0.39 is 5.97 Å². The van der Waals surface area contributed by atoms with Crippen LogP contribution in [0.2, 0.25) is 0 Å². The maximum Gasteiger partial charge on any atom is 0.325 e. The summed E-state index contributed by atoms with van der Waals surface area (Å²) in [5, 5.41) is 12.7. The summed E-state index contributed by atoms with van der Waals surface area (Å²) in [6, 6.07) is 0. The van der Waals surface area contributed by atoms with Gasteiger partial charge in [-0.15, -0.1) is 0 Å². The number of unbranched alkanes of at least 4 members (excludes halogenated alkanes) is 3. The molecule has 1 saturated carbocycles. The van der Waals surface area contributed by atoms with E-state index in [2.05, 4.69) is 35.2 Å². The van der Waals surface area contributed by atoms with Crippen molar-refractivity contribution in [2.45, 2.75) is 76.9 Å². The van der Waals surface area contributed by atoms with Crippen molar-refractivity contribution in [3.8, 4) is 0 Å². The predicted octanol–water partition coefficient (Wildman–Crippen LogP) is 3.54. The number of fused-ring (bicyclic) bond motifs is 2. The van der Waals surface area contributed by atoms with Crippen LogP contribution in [0.3, 0.4) is 0 Å². The van der Waals surface area contributed by atoms with Crippen LogP contribution in [-0.4, -0.2) is 49.5 Å². The average molecular weight is 422 g/mol. The minimum Gasteiger partial charge on any atom is -0.468 e. The van der Waals surface area contributed by atoms with E-state index >= 15 is 0 Å². The summed E-state index contributed by atoms with van der Waals surface area (Å²) in [5.74, 6) is 1.01. The Morgan fingerprint density at radius 3 is 2.87 bits per heavy atom. The SMILES string of the molecule is CCCCCC(O)C=CC1C2CC(CO2)C1CC=CCCCC(=O)NCC(=O)OC. The molecule has 5 atom stereocenters. The third-order valence-corrected chi connectivity index (χ3v) is 6.25. The lowest BCUT2D eigenvalue weighted by Gasteiger charge is -2.28. The minimum atomic E-state index is -0.435. The number of ether oxygens (including phenoxy) is 2. The quantitative estimate of drug-likeness (QED) is 0.255. The number of carbonyl (C=O) groups excluding carboxylic acids is 2. The first-order valence-corrected chi connectivity index (χ1v) is 11.5. The normalized spacial score (nSPS) is 26.5. The van der Waals surface area contributed by atoms with Gasteiger partial charge in [0.1, 0.15) is 6.54 Å². The fourth-order valence-corrected chi connectivity index (χ4v) is 4.49. The fraction of sp³-hybridized carbons (Fsp3) is 0.750. The van der Waals surface area contributed by atoms with Gasteiger partial charge in [-0.3, -0.25) is 9.59 Å². The molecule has 170 valence electrons. The van der Waals surface area contributed by atoms with Gasteiger partial charge in [-0.25, -0.2) is 0 Å². The Kier molecular flexibility index (Phi) is 11.2. The Morgan fingerprint density at radius 2 is 2.10 bits per heavy atom. The van der Waals surface area contributed by atoms with Crippen LogP contribution >= 0.6 is 0 Å². The molecule has 0 aromatic heterocycles. The maximum atomic E-state index is 11.7. The number of allylic oxidation sites excluding steroid dienone is 2. The first kappa shape index (κ1) is 24.6. The Labute approximate surface area is 181 Å². The predicted molar refractivity (Wildman–Crippen MR) is 117 cm³/mol. The van der Waals surface area contributed by atoms with Gasteiger partial charge in [0, 0.05) is 12.3 Å². The van der Waals surface area contributed by atoms with E-state index in [0.29, 0.717) is 30.3 Å². The number of esters is 1. The van der Waals surface area contributed by atoms with Gasteiger partial charge in [-0.2, -0.15) is 0 Å². The van der Waals surface area contributed by atoms with Gasteiger partial charge in [0.05, 0.1) is 25.9 Å². The number of nitrogens with one attached hydrogen (secondary N) is 1. The number of carbonyl (C=O) groups is 2. The van der Waals surface area contributed by atoms with Gasteiger partial charge < -0.3 is 19.9 Å². The molecule has 1 amide bonds. The van der Waals surface area contributed by atoms with Gasteiger partial charge in [0.25, 0.3) is 0 Å². The van der Waals surface area contributed by atoms with Crippen molar-refractivity contribution < 1.29 is 24.2 Å². The van der Waals surface area contributed by atoms with Crippen LogP contribution in [0, 0.1) is 17.8 Å². The van der Waals surface area contributed by atoms with Crippen LogP contribution in [0.1, 0.15) is 64.7 Å². The highest BCUT2D eigenvalue weighted by Crippen LogP contribution is 2.47. The van der Waals surface area contributed by atoms with E-state index in [1.807, 2.05) is 6.08 Å². The fourth-order valence-electron chi connectivity index (χ4n) is 4.49. The number of aliphatic hydroxyl groups is 1. The van der Waals surface area contributed by atoms with Crippen LogP contribution in [0.4, 0.5) is 0 Å².